The van der Waals surface area contributed by atoms with Crippen molar-refractivity contribution in [1.82, 2.24) is 0 Å². The van der Waals surface area contributed by atoms with Crippen molar-refractivity contribution in [3.05, 3.63) is 39.9 Å². The van der Waals surface area contributed by atoms with Crippen molar-refractivity contribution in [2.75, 3.05) is 0 Å². The van der Waals surface area contributed by atoms with Gasteiger partial charge in [0, 0.05) is 0 Å². The maximum absolute atomic E-state index is 12.3. The predicted molar refractivity (Wildman–Crippen MR) is 51.4 cm³/mol. The number of alkyl halides is 3. The fourth-order valence-corrected chi connectivity index (χ4v) is 1.95. The molecule has 0 aliphatic carbocycles. The van der Waals surface area contributed by atoms with Crippen LogP contribution in [0.4, 0.5) is 13.2 Å². The molecule has 0 bridgehead atoms. The van der Waals surface area contributed by atoms with Gasteiger partial charge in [-0.05, 0) is 17.7 Å². The molecule has 0 saturated carbocycles. The molecule has 0 radical (unpaired) electrons. The molecule has 0 aromatic heterocycles. The third-order valence-electron chi connectivity index (χ3n) is 2.12. The van der Waals surface area contributed by atoms with Crippen LogP contribution in [0.25, 0.3) is 0 Å². The van der Waals surface area contributed by atoms with E-state index in [0.29, 0.717) is 5.56 Å². The van der Waals surface area contributed by atoms with Gasteiger partial charge in [0.2, 0.25) is 0 Å². The summed E-state index contributed by atoms with van der Waals surface area (Å²) in [5.74, 6) is 0. The second-order valence-electron chi connectivity index (χ2n) is 3.19. The molecule has 0 amide bonds. The Morgan fingerprint density at radius 2 is 1.88 bits per heavy atom. The molecule has 3 nitrogen and oxygen atoms in total. The molecular formula is C9H6F3NO2S. The molecule has 2 unspecified atom stereocenters. The molecular weight excluding hydrogens is 243 g/mol. The molecule has 86 valence electrons. The van der Waals surface area contributed by atoms with Crippen LogP contribution in [-0.2, 0) is 6.18 Å². The molecule has 0 saturated heterocycles. The number of nitroso groups, excluding NO2 is 1. The summed E-state index contributed by atoms with van der Waals surface area (Å²) in [6.45, 7) is 0. The fraction of sp³-hybridized carbons (Fsp3) is 0.333. The maximum atomic E-state index is 12.3. The second kappa shape index (κ2) is 4.06. The zero-order valence-electron chi connectivity index (χ0n) is 7.77. The highest BCUT2D eigenvalue weighted by Crippen LogP contribution is 2.38. The Kier molecular flexibility index (Phi) is 2.90. The Bertz CT molecular complexity index is 404. The lowest BCUT2D eigenvalue weighted by Gasteiger charge is -2.11. The highest BCUT2D eigenvalue weighted by Gasteiger charge is 2.34. The highest BCUT2D eigenvalue weighted by atomic mass is 32.2. The lowest BCUT2D eigenvalue weighted by molar-refractivity contribution is -0.404. The molecule has 1 aromatic carbocycles. The van der Waals surface area contributed by atoms with Crippen molar-refractivity contribution in [3.8, 4) is 0 Å². The van der Waals surface area contributed by atoms with Gasteiger partial charge in [0.1, 0.15) is 5.25 Å². The van der Waals surface area contributed by atoms with Crippen LogP contribution in [0.3, 0.4) is 0 Å². The summed E-state index contributed by atoms with van der Waals surface area (Å²) in [5, 5.41) is 10.6. The van der Waals surface area contributed by atoms with Gasteiger partial charge in [0.25, 0.3) is 6.29 Å². The largest absolute Gasteiger partial charge is 0.767 e. The first-order valence-electron chi connectivity index (χ1n) is 4.33. The fourth-order valence-electron chi connectivity index (χ4n) is 1.30. The number of halogens is 3. The van der Waals surface area contributed by atoms with Crippen molar-refractivity contribution in [2.24, 2.45) is 4.58 Å². The third-order valence-corrected chi connectivity index (χ3v) is 3.01. The third kappa shape index (κ3) is 2.19. The predicted octanol–water partition coefficient (Wildman–Crippen LogP) is 2.40. The average Bonchev–Trinajstić information content (AvgIpc) is 2.63. The number of hydrogen-bond acceptors (Lipinski definition) is 3. The molecule has 7 heteroatoms. The number of nitrogens with zero attached hydrogens (tertiary/aromatic N) is 1. The molecule has 1 aliphatic heterocycles. The van der Waals surface area contributed by atoms with Crippen molar-refractivity contribution < 1.29 is 18.3 Å². The van der Waals surface area contributed by atoms with Crippen molar-refractivity contribution >= 4 is 11.9 Å². The molecule has 1 aromatic rings. The second-order valence-corrected chi connectivity index (χ2v) is 4.06. The van der Waals surface area contributed by atoms with Crippen molar-refractivity contribution in [1.29, 1.82) is 0 Å². The van der Waals surface area contributed by atoms with E-state index in [1.807, 2.05) is 0 Å². The molecule has 1 heterocycles. The summed E-state index contributed by atoms with van der Waals surface area (Å²) in [6.07, 6.45) is -5.72. The van der Waals surface area contributed by atoms with E-state index in [4.69, 9.17) is 0 Å². The first-order chi connectivity index (χ1) is 7.48. The van der Waals surface area contributed by atoms with E-state index in [2.05, 4.69) is 9.12 Å². The number of hydrogen-bond donors (Lipinski definition) is 0. The van der Waals surface area contributed by atoms with Crippen molar-refractivity contribution in [2.45, 2.75) is 17.7 Å². The van der Waals surface area contributed by atoms with Gasteiger partial charge in [-0.3, -0.25) is 0 Å². The molecule has 0 spiro atoms. The monoisotopic (exact) mass is 249 g/mol. The summed E-state index contributed by atoms with van der Waals surface area (Å²) >= 11 is 0.926. The average molecular weight is 249 g/mol. The highest BCUT2D eigenvalue weighted by molar-refractivity contribution is 7.98. The molecule has 0 fully saturated rings. The van der Waals surface area contributed by atoms with Crippen LogP contribution in [0.1, 0.15) is 16.4 Å². The Morgan fingerprint density at radius 1 is 1.25 bits per heavy atom. The van der Waals surface area contributed by atoms with Gasteiger partial charge >= 0.3 is 6.18 Å². The van der Waals surface area contributed by atoms with Crippen LogP contribution in [-0.4, -0.2) is 6.29 Å². The minimum atomic E-state index is -4.36. The van der Waals surface area contributed by atoms with E-state index in [1.165, 1.54) is 12.1 Å². The van der Waals surface area contributed by atoms with Crippen LogP contribution in [0, 0.1) is 4.54 Å². The summed E-state index contributed by atoms with van der Waals surface area (Å²) < 4.78 is 44.6. The van der Waals surface area contributed by atoms with Crippen molar-refractivity contribution in [3.63, 3.8) is 0 Å². The van der Waals surface area contributed by atoms with Gasteiger partial charge in [-0.2, -0.15) is 13.2 Å². The van der Waals surface area contributed by atoms with Crippen LogP contribution in [0.15, 0.2) is 28.8 Å². The Morgan fingerprint density at radius 3 is 2.31 bits per heavy atom. The summed E-state index contributed by atoms with van der Waals surface area (Å²) in [7, 11) is 0. The molecule has 2 rings (SSSR count). The number of rotatable bonds is 1. The van der Waals surface area contributed by atoms with Crippen LogP contribution in [0.5, 0.6) is 0 Å². The van der Waals surface area contributed by atoms with E-state index in [9.17, 15) is 18.3 Å². The molecule has 0 N–H and O–H groups in total. The quantitative estimate of drug-likeness (QED) is 0.566. The standard InChI is InChI=1S/C9H6F3NO2S/c10-9(11,12)6-3-1-5(2-4-6)7-8(14)15-13-16-7/h1-4,7-8H. The van der Waals surface area contributed by atoms with Gasteiger partial charge in [-0.25, -0.2) is 0 Å². The SMILES string of the molecule is [O-]C1[O+]=NSC1c1ccc(C(F)(F)F)cc1. The molecule has 2 atom stereocenters. The van der Waals surface area contributed by atoms with E-state index < -0.39 is 23.3 Å². The topological polar surface area (TPSA) is 46.7 Å². The normalized spacial score (nSPS) is 25.0. The Labute approximate surface area is 93.1 Å². The van der Waals surface area contributed by atoms with Crippen LogP contribution in [0.2, 0.25) is 0 Å². The molecule has 16 heavy (non-hydrogen) atoms. The first-order valence-corrected chi connectivity index (χ1v) is 5.17. The summed E-state index contributed by atoms with van der Waals surface area (Å²) in [6, 6.07) is 4.44. The Hall–Kier alpha value is -1.08. The Balaban J connectivity index is 2.20. The molecule has 1 aliphatic rings. The van der Waals surface area contributed by atoms with Crippen LogP contribution >= 0.6 is 11.9 Å². The van der Waals surface area contributed by atoms with E-state index >= 15 is 0 Å². The van der Waals surface area contributed by atoms with Gasteiger partial charge in [0.05, 0.1) is 17.5 Å². The summed E-state index contributed by atoms with van der Waals surface area (Å²) in [4.78, 5) is 0. The zero-order valence-corrected chi connectivity index (χ0v) is 8.59. The first kappa shape index (κ1) is 11.4. The van der Waals surface area contributed by atoms with Gasteiger partial charge in [0.15, 0.2) is 4.58 Å². The van der Waals surface area contributed by atoms with E-state index in [-0.39, 0.29) is 0 Å². The summed E-state index contributed by atoms with van der Waals surface area (Å²) in [5.41, 5.74) is -0.251. The van der Waals surface area contributed by atoms with Gasteiger partial charge in [-0.15, -0.1) is 4.54 Å². The smallest absolute Gasteiger partial charge is 0.416 e. The number of benzene rings is 1. The lowest BCUT2D eigenvalue weighted by Crippen LogP contribution is -2.26. The zero-order chi connectivity index (χ0) is 11.8. The van der Waals surface area contributed by atoms with Crippen LogP contribution < -0.4 is 5.11 Å². The van der Waals surface area contributed by atoms with Gasteiger partial charge in [-0.1, -0.05) is 12.1 Å². The van der Waals surface area contributed by atoms with Gasteiger partial charge < -0.3 is 5.11 Å². The minimum Gasteiger partial charge on any atom is -0.767 e. The minimum absolute atomic E-state index is 0.485. The lowest BCUT2D eigenvalue weighted by atomic mass is 10.1. The van der Waals surface area contributed by atoms with E-state index in [0.717, 1.165) is 24.1 Å². The van der Waals surface area contributed by atoms with E-state index in [1.54, 1.807) is 0 Å². The maximum Gasteiger partial charge on any atom is 0.416 e.